The fourth-order valence-electron chi connectivity index (χ4n) is 1.99. The predicted molar refractivity (Wildman–Crippen MR) is 84.3 cm³/mol. The van der Waals surface area contributed by atoms with E-state index < -0.39 is 5.97 Å². The van der Waals surface area contributed by atoms with Crippen LogP contribution >= 0.6 is 0 Å². The summed E-state index contributed by atoms with van der Waals surface area (Å²) in [4.78, 5) is 21.6. The van der Waals surface area contributed by atoms with Gasteiger partial charge in [-0.15, -0.1) is 0 Å². The third-order valence-corrected chi connectivity index (χ3v) is 3.17. The van der Waals surface area contributed by atoms with Crippen molar-refractivity contribution in [3.05, 3.63) is 0 Å². The summed E-state index contributed by atoms with van der Waals surface area (Å²) in [5.74, 6) is -0.896. The van der Waals surface area contributed by atoms with Gasteiger partial charge >= 0.3 is 35.5 Å². The molecule has 0 radical (unpaired) electrons. The van der Waals surface area contributed by atoms with Gasteiger partial charge in [-0.1, -0.05) is 58.3 Å². The summed E-state index contributed by atoms with van der Waals surface area (Å²) in [5, 5.41) is 11.0. The second kappa shape index (κ2) is 17.0. The zero-order valence-electron chi connectivity index (χ0n) is 12.2. The van der Waals surface area contributed by atoms with Crippen LogP contribution in [-0.4, -0.2) is 53.1 Å². The number of carbonyl (C=O) groups is 2. The number of carbonyl (C=O) groups excluding carboxylic acids is 1. The van der Waals surface area contributed by atoms with Crippen LogP contribution in [0.5, 0.6) is 0 Å². The summed E-state index contributed by atoms with van der Waals surface area (Å²) in [6.45, 7) is 2.47. The molecule has 0 aliphatic carbocycles. The number of rotatable bonds is 13. The molecule has 2 N–H and O–H groups in total. The molecule has 0 rings (SSSR count). The molecule has 0 aromatic rings. The van der Waals surface area contributed by atoms with Crippen molar-refractivity contribution in [1.82, 2.24) is 5.32 Å². The van der Waals surface area contributed by atoms with Crippen LogP contribution in [0.4, 0.5) is 0 Å². The Morgan fingerprint density at radius 2 is 1.35 bits per heavy atom. The van der Waals surface area contributed by atoms with E-state index in [0.29, 0.717) is 6.42 Å². The van der Waals surface area contributed by atoms with E-state index in [1.54, 1.807) is 0 Å². The summed E-state index contributed by atoms with van der Waals surface area (Å²) < 4.78 is 0. The first-order valence-electron chi connectivity index (χ1n) is 7.65. The van der Waals surface area contributed by atoms with E-state index in [9.17, 15) is 9.59 Å². The van der Waals surface area contributed by atoms with Gasteiger partial charge in [0.05, 0.1) is 6.42 Å². The van der Waals surface area contributed by atoms with Crippen molar-refractivity contribution in [3.8, 4) is 0 Å². The fourth-order valence-corrected chi connectivity index (χ4v) is 1.99. The average molecular weight is 295 g/mol. The van der Waals surface area contributed by atoms with Crippen LogP contribution in [0.3, 0.4) is 0 Å². The summed E-state index contributed by atoms with van der Waals surface area (Å²) in [5.41, 5.74) is 0. The standard InChI is InChI=1S/C15H29NO3.Na.H/c1-2-3-4-5-6-7-8-9-10-11-14(17)16-13-12-15(18)19;;/h2-13H2,1H3,(H,16,17)(H,18,19);;. The molecule has 0 aliphatic rings. The van der Waals surface area contributed by atoms with E-state index in [1.165, 1.54) is 44.9 Å². The molecule has 0 aromatic heterocycles. The minimum absolute atomic E-state index is 0. The van der Waals surface area contributed by atoms with Crippen LogP contribution in [-0.2, 0) is 9.59 Å². The Hall–Kier alpha value is -0.0600. The van der Waals surface area contributed by atoms with Gasteiger partial charge in [0.15, 0.2) is 0 Å². The van der Waals surface area contributed by atoms with Gasteiger partial charge in [0, 0.05) is 13.0 Å². The number of unbranched alkanes of at least 4 members (excludes halogenated alkanes) is 8. The minimum atomic E-state index is -0.872. The molecule has 0 saturated carbocycles. The van der Waals surface area contributed by atoms with Crippen molar-refractivity contribution in [2.75, 3.05) is 6.54 Å². The Kier molecular flexibility index (Phi) is 18.9. The number of nitrogens with one attached hydrogen (secondary N) is 1. The Morgan fingerprint density at radius 1 is 0.850 bits per heavy atom. The number of carboxylic acids is 1. The summed E-state index contributed by atoms with van der Waals surface area (Å²) in [6.07, 6.45) is 11.6. The van der Waals surface area contributed by atoms with Gasteiger partial charge in [-0.2, -0.15) is 0 Å². The van der Waals surface area contributed by atoms with E-state index in [-0.39, 0.29) is 48.4 Å². The molecular weight excluding hydrogens is 265 g/mol. The molecule has 114 valence electrons. The molecule has 0 atom stereocenters. The van der Waals surface area contributed by atoms with E-state index in [0.717, 1.165) is 12.8 Å². The monoisotopic (exact) mass is 295 g/mol. The van der Waals surface area contributed by atoms with Gasteiger partial charge in [-0.3, -0.25) is 9.59 Å². The second-order valence-electron chi connectivity index (χ2n) is 5.07. The van der Waals surface area contributed by atoms with Crippen molar-refractivity contribution in [1.29, 1.82) is 0 Å². The molecule has 20 heavy (non-hydrogen) atoms. The van der Waals surface area contributed by atoms with Crippen molar-refractivity contribution in [2.45, 2.75) is 77.6 Å². The van der Waals surface area contributed by atoms with Crippen LogP contribution in [0, 0.1) is 0 Å². The number of hydrogen-bond acceptors (Lipinski definition) is 2. The van der Waals surface area contributed by atoms with Crippen LogP contribution in [0.2, 0.25) is 0 Å². The molecule has 0 spiro atoms. The molecule has 0 heterocycles. The van der Waals surface area contributed by atoms with Gasteiger partial charge in [0.1, 0.15) is 0 Å². The van der Waals surface area contributed by atoms with Crippen molar-refractivity contribution >= 4 is 41.4 Å². The Balaban J connectivity index is 0. The van der Waals surface area contributed by atoms with Gasteiger partial charge in [0.2, 0.25) is 5.91 Å². The first kappa shape index (κ1) is 22.2. The maximum atomic E-state index is 11.3. The van der Waals surface area contributed by atoms with Crippen molar-refractivity contribution in [2.24, 2.45) is 0 Å². The van der Waals surface area contributed by atoms with Gasteiger partial charge in [-0.05, 0) is 6.42 Å². The van der Waals surface area contributed by atoms with Crippen molar-refractivity contribution < 1.29 is 14.7 Å². The Morgan fingerprint density at radius 3 is 1.85 bits per heavy atom. The normalized spacial score (nSPS) is 9.85. The summed E-state index contributed by atoms with van der Waals surface area (Å²) in [6, 6.07) is 0. The fraction of sp³-hybridized carbons (Fsp3) is 0.867. The molecule has 4 nitrogen and oxygen atoms in total. The molecule has 1 amide bonds. The summed E-state index contributed by atoms with van der Waals surface area (Å²) >= 11 is 0. The molecule has 0 unspecified atom stereocenters. The van der Waals surface area contributed by atoms with Crippen LogP contribution in [0.1, 0.15) is 77.6 Å². The van der Waals surface area contributed by atoms with Crippen LogP contribution in [0.25, 0.3) is 0 Å². The first-order valence-corrected chi connectivity index (χ1v) is 7.65. The Labute approximate surface area is 145 Å². The van der Waals surface area contributed by atoms with Gasteiger partial charge in [-0.25, -0.2) is 0 Å². The number of carboxylic acid groups (broad SMARTS) is 1. The van der Waals surface area contributed by atoms with E-state index >= 15 is 0 Å². The molecule has 0 saturated heterocycles. The van der Waals surface area contributed by atoms with E-state index in [4.69, 9.17) is 5.11 Å². The maximum absolute atomic E-state index is 11.3. The average Bonchev–Trinajstić information content (AvgIpc) is 2.36. The molecule has 0 aromatic carbocycles. The third-order valence-electron chi connectivity index (χ3n) is 3.17. The van der Waals surface area contributed by atoms with Gasteiger partial charge in [0.25, 0.3) is 0 Å². The first-order chi connectivity index (χ1) is 9.16. The van der Waals surface area contributed by atoms with E-state index in [2.05, 4.69) is 12.2 Å². The number of aliphatic carboxylic acids is 1. The third kappa shape index (κ3) is 17.9. The quantitative estimate of drug-likeness (QED) is 0.405. The SMILES string of the molecule is CCCCCCCCCCCC(=O)NCCC(=O)O.[NaH]. The van der Waals surface area contributed by atoms with Crippen LogP contribution in [0.15, 0.2) is 0 Å². The second-order valence-corrected chi connectivity index (χ2v) is 5.07. The van der Waals surface area contributed by atoms with Crippen LogP contribution < -0.4 is 5.32 Å². The zero-order valence-corrected chi connectivity index (χ0v) is 12.2. The number of hydrogen-bond donors (Lipinski definition) is 2. The summed E-state index contributed by atoms with van der Waals surface area (Å²) in [7, 11) is 0. The van der Waals surface area contributed by atoms with E-state index in [1.807, 2.05) is 0 Å². The predicted octanol–water partition coefficient (Wildman–Crippen LogP) is 2.85. The molecule has 0 fully saturated rings. The molecular formula is C15H30NNaO3. The van der Waals surface area contributed by atoms with Crippen molar-refractivity contribution in [3.63, 3.8) is 0 Å². The van der Waals surface area contributed by atoms with Gasteiger partial charge < -0.3 is 10.4 Å². The molecule has 0 bridgehead atoms. The zero-order chi connectivity index (χ0) is 14.3. The molecule has 5 heteroatoms. The number of amides is 1. The topological polar surface area (TPSA) is 66.4 Å². The molecule has 0 aliphatic heterocycles. The Bertz CT molecular complexity index is 247.